The van der Waals surface area contributed by atoms with Crippen LogP contribution in [0.2, 0.25) is 0 Å². The molecule has 2 bridgehead atoms. The van der Waals surface area contributed by atoms with Crippen LogP contribution < -0.4 is 0 Å². The van der Waals surface area contributed by atoms with Gasteiger partial charge in [0.25, 0.3) is 0 Å². The molecular weight excluding hydrogens is 833 g/mol. The van der Waals surface area contributed by atoms with E-state index in [0.29, 0.717) is 6.42 Å². The maximum Gasteiger partial charge on any atom is 2.00 e. The SMILES string of the molecule is Cc1c2cc(-c3ccc4c5ccccc5n(-c5ccccc5)c4c3)cc1-c1nc3ccccc3nc1Cc1c[c-]c(-c3[c-]cccc3)cc1-2.[U+2]. The molecule has 0 radical (unpaired) electrons. The van der Waals surface area contributed by atoms with Gasteiger partial charge in [0.05, 0.1) is 33.5 Å². The van der Waals surface area contributed by atoms with Crippen LogP contribution in [0.5, 0.6) is 0 Å². The van der Waals surface area contributed by atoms with E-state index in [1.54, 1.807) is 0 Å². The first kappa shape index (κ1) is 30.8. The van der Waals surface area contributed by atoms with Crippen LogP contribution in [0.3, 0.4) is 0 Å². The van der Waals surface area contributed by atoms with E-state index in [9.17, 15) is 0 Å². The molecule has 9 aromatic rings. The smallest absolute Gasteiger partial charge is 0.309 e. The van der Waals surface area contributed by atoms with E-state index in [-0.39, 0.29) is 31.1 Å². The molecule has 0 atom stereocenters. The van der Waals surface area contributed by atoms with Crippen molar-refractivity contribution >= 4 is 32.8 Å². The van der Waals surface area contributed by atoms with Crippen molar-refractivity contribution in [2.45, 2.75) is 13.3 Å². The molecule has 232 valence electrons. The van der Waals surface area contributed by atoms with Crippen molar-refractivity contribution in [3.05, 3.63) is 175 Å². The standard InChI is InChI=1S/C46H29N3.U/c1-29-38-25-34(32-22-23-37-36-16-8-11-19-44(36)49(45(37)28-32)35-14-6-3-7-15-35)26-39(29)46-43(47-41-17-9-10-18-42(41)48-46)27-33-21-20-31(24-40(33)38)30-12-4-2-5-13-30;/h2-12,14-19,21-26,28H,27H2,1H3;/q-2;+2. The van der Waals surface area contributed by atoms with Gasteiger partial charge in [-0.3, -0.25) is 0 Å². The monoisotopic (exact) mass is 861 g/mol. The Morgan fingerprint density at radius 3 is 2.16 bits per heavy atom. The van der Waals surface area contributed by atoms with E-state index in [1.807, 2.05) is 24.3 Å². The molecule has 0 saturated heterocycles. The van der Waals surface area contributed by atoms with E-state index in [2.05, 4.69) is 145 Å². The van der Waals surface area contributed by atoms with Crippen LogP contribution in [0.1, 0.15) is 16.8 Å². The Morgan fingerprint density at radius 2 is 1.32 bits per heavy atom. The van der Waals surface area contributed by atoms with Gasteiger partial charge in [0.2, 0.25) is 0 Å². The first-order valence-electron chi connectivity index (χ1n) is 16.7. The summed E-state index contributed by atoms with van der Waals surface area (Å²) < 4.78 is 2.38. The van der Waals surface area contributed by atoms with Crippen molar-refractivity contribution in [2.24, 2.45) is 0 Å². The maximum atomic E-state index is 5.28. The third kappa shape index (κ3) is 4.94. The topological polar surface area (TPSA) is 30.7 Å². The largest absolute Gasteiger partial charge is 2.00 e. The van der Waals surface area contributed by atoms with Crippen LogP contribution in [0.25, 0.3) is 83.2 Å². The average Bonchev–Trinajstić information content (AvgIpc) is 3.49. The van der Waals surface area contributed by atoms with Crippen molar-refractivity contribution in [3.8, 4) is 50.3 Å². The third-order valence-electron chi connectivity index (χ3n) is 10.0. The van der Waals surface area contributed by atoms with Gasteiger partial charge in [-0.05, 0) is 84.1 Å². The van der Waals surface area contributed by atoms with E-state index in [4.69, 9.17) is 9.97 Å². The molecule has 0 aliphatic heterocycles. The summed E-state index contributed by atoms with van der Waals surface area (Å²) in [5.41, 5.74) is 17.6. The molecule has 2 aromatic heterocycles. The minimum absolute atomic E-state index is 0. The van der Waals surface area contributed by atoms with Gasteiger partial charge in [-0.25, -0.2) is 21.1 Å². The average molecular weight is 862 g/mol. The maximum absolute atomic E-state index is 5.28. The fourth-order valence-electron chi connectivity index (χ4n) is 7.60. The predicted octanol–water partition coefficient (Wildman–Crippen LogP) is 11.2. The van der Waals surface area contributed by atoms with E-state index in [1.165, 1.54) is 44.1 Å². The minimum atomic E-state index is 0. The van der Waals surface area contributed by atoms with Crippen LogP contribution in [0.15, 0.2) is 146 Å². The van der Waals surface area contributed by atoms with Gasteiger partial charge in [-0.1, -0.05) is 60.7 Å². The first-order chi connectivity index (χ1) is 24.2. The Kier molecular flexibility index (Phi) is 7.54. The summed E-state index contributed by atoms with van der Waals surface area (Å²) >= 11 is 0. The number of benzene rings is 7. The summed E-state index contributed by atoms with van der Waals surface area (Å²) in [5.74, 6) is 0. The van der Waals surface area contributed by atoms with Crippen molar-refractivity contribution in [1.82, 2.24) is 14.5 Å². The molecule has 1 aliphatic carbocycles. The Bertz CT molecular complexity index is 2750. The summed E-state index contributed by atoms with van der Waals surface area (Å²) in [6.07, 6.45) is 0.679. The first-order valence-corrected chi connectivity index (χ1v) is 16.7. The summed E-state index contributed by atoms with van der Waals surface area (Å²) in [6.45, 7) is 2.23. The Balaban J connectivity index is 0.00000336. The molecular formula is C46H29N3U. The van der Waals surface area contributed by atoms with Crippen molar-refractivity contribution in [3.63, 3.8) is 0 Å². The number of para-hydroxylation sites is 4. The van der Waals surface area contributed by atoms with Gasteiger partial charge in [0.15, 0.2) is 0 Å². The van der Waals surface area contributed by atoms with Crippen LogP contribution in [0.4, 0.5) is 0 Å². The van der Waals surface area contributed by atoms with Gasteiger partial charge in [-0.15, -0.1) is 17.2 Å². The molecule has 7 aromatic carbocycles. The van der Waals surface area contributed by atoms with Gasteiger partial charge in [0, 0.05) is 22.0 Å². The molecule has 3 nitrogen and oxygen atoms in total. The summed E-state index contributed by atoms with van der Waals surface area (Å²) in [5, 5.41) is 2.49. The quantitative estimate of drug-likeness (QED) is 0.166. The Hall–Kier alpha value is -5.27. The number of nitrogens with zero attached hydrogens (tertiary/aromatic N) is 3. The van der Waals surface area contributed by atoms with Gasteiger partial charge in [-0.2, -0.15) is 42.5 Å². The van der Waals surface area contributed by atoms with Crippen molar-refractivity contribution in [1.29, 1.82) is 0 Å². The second-order valence-electron chi connectivity index (χ2n) is 12.9. The van der Waals surface area contributed by atoms with E-state index < -0.39 is 0 Å². The number of fused-ring (bicyclic) bond motifs is 10. The molecule has 0 spiro atoms. The molecule has 50 heavy (non-hydrogen) atoms. The second-order valence-corrected chi connectivity index (χ2v) is 12.9. The van der Waals surface area contributed by atoms with Crippen molar-refractivity contribution in [2.75, 3.05) is 0 Å². The zero-order valence-electron chi connectivity index (χ0n) is 27.4. The van der Waals surface area contributed by atoms with Crippen LogP contribution in [-0.2, 0) is 6.42 Å². The number of aromatic nitrogens is 3. The summed E-state index contributed by atoms with van der Waals surface area (Å²) in [7, 11) is 0. The molecule has 0 N–H and O–H groups in total. The van der Waals surface area contributed by atoms with Crippen LogP contribution >= 0.6 is 0 Å². The number of rotatable bonds is 3. The molecule has 1 aliphatic rings. The second kappa shape index (κ2) is 12.3. The minimum Gasteiger partial charge on any atom is -0.309 e. The van der Waals surface area contributed by atoms with Crippen LogP contribution in [-0.4, -0.2) is 14.5 Å². The van der Waals surface area contributed by atoms with Gasteiger partial charge in [0.1, 0.15) is 0 Å². The zero-order chi connectivity index (χ0) is 32.5. The summed E-state index contributed by atoms with van der Waals surface area (Å²) in [4.78, 5) is 10.5. The predicted molar refractivity (Wildman–Crippen MR) is 201 cm³/mol. The van der Waals surface area contributed by atoms with E-state index >= 15 is 0 Å². The molecule has 0 saturated carbocycles. The molecule has 10 rings (SSSR count). The fourth-order valence-corrected chi connectivity index (χ4v) is 7.60. The van der Waals surface area contributed by atoms with Crippen LogP contribution in [0, 0.1) is 50.2 Å². The van der Waals surface area contributed by atoms with Gasteiger partial charge < -0.3 is 4.57 Å². The molecule has 4 heteroatoms. The fraction of sp³-hybridized carbons (Fsp3) is 0.0435. The normalized spacial score (nSPS) is 11.9. The third-order valence-corrected chi connectivity index (χ3v) is 10.0. The summed E-state index contributed by atoms with van der Waals surface area (Å²) in [6, 6.07) is 58.6. The number of hydrogen-bond donors (Lipinski definition) is 0. The Morgan fingerprint density at radius 1 is 0.580 bits per heavy atom. The molecule has 0 unspecified atom stereocenters. The molecule has 0 fully saturated rings. The zero-order valence-corrected chi connectivity index (χ0v) is 31.6. The van der Waals surface area contributed by atoms with Gasteiger partial charge >= 0.3 is 31.1 Å². The Labute approximate surface area is 314 Å². The molecule has 0 amide bonds. The van der Waals surface area contributed by atoms with Crippen molar-refractivity contribution < 1.29 is 31.1 Å². The van der Waals surface area contributed by atoms with E-state index in [0.717, 1.165) is 55.9 Å². The number of hydrogen-bond acceptors (Lipinski definition) is 2. The molecule has 2 heterocycles.